The zero-order valence-electron chi connectivity index (χ0n) is 12.7. The molecule has 4 aliphatic carbocycles. The highest BCUT2D eigenvalue weighted by atomic mass is 15.4. The molecule has 0 amide bonds. The fourth-order valence-electron chi connectivity index (χ4n) is 5.58. The maximum absolute atomic E-state index is 4.90. The highest BCUT2D eigenvalue weighted by molar-refractivity contribution is 5.36. The molecule has 4 nitrogen and oxygen atoms in total. The van der Waals surface area contributed by atoms with Crippen molar-refractivity contribution < 1.29 is 0 Å². The second-order valence-corrected chi connectivity index (χ2v) is 7.35. The number of nitrogens with one attached hydrogen (secondary N) is 2. The molecular formula is C16H26N4. The first-order chi connectivity index (χ1) is 9.72. The van der Waals surface area contributed by atoms with Crippen LogP contribution in [0, 0.1) is 17.8 Å². The molecule has 0 atom stereocenters. The highest BCUT2D eigenvalue weighted by Gasteiger charge is 2.52. The van der Waals surface area contributed by atoms with Crippen molar-refractivity contribution in [2.45, 2.75) is 50.6 Å². The van der Waals surface area contributed by atoms with Gasteiger partial charge in [-0.25, -0.2) is 0 Å². The predicted molar refractivity (Wildman–Crippen MR) is 80.7 cm³/mol. The summed E-state index contributed by atoms with van der Waals surface area (Å²) >= 11 is 0. The van der Waals surface area contributed by atoms with Crippen LogP contribution in [-0.4, -0.2) is 23.9 Å². The van der Waals surface area contributed by atoms with Crippen LogP contribution in [0.5, 0.6) is 0 Å². The van der Waals surface area contributed by atoms with Gasteiger partial charge in [-0.3, -0.25) is 4.68 Å². The Kier molecular flexibility index (Phi) is 2.85. The standard InChI is InChI=1S/C16H26N4/c1-17-10-14-6-15(18-2)19-20(14)16-7-11-3-12(8-16)5-13(4-11)9-16/h6,11-13,17H,3-5,7-10H2,1-2H3,(H,18,19). The minimum absolute atomic E-state index is 0.329. The summed E-state index contributed by atoms with van der Waals surface area (Å²) in [6, 6.07) is 2.22. The molecule has 4 heteroatoms. The first-order valence-corrected chi connectivity index (χ1v) is 8.14. The second kappa shape index (κ2) is 4.48. The minimum atomic E-state index is 0.329. The Morgan fingerprint density at radius 3 is 2.25 bits per heavy atom. The van der Waals surface area contributed by atoms with Gasteiger partial charge in [0.05, 0.1) is 11.2 Å². The molecule has 4 bridgehead atoms. The summed E-state index contributed by atoms with van der Waals surface area (Å²) in [4.78, 5) is 0. The Balaban J connectivity index is 1.74. The highest BCUT2D eigenvalue weighted by Crippen LogP contribution is 2.58. The largest absolute Gasteiger partial charge is 0.372 e. The molecule has 0 saturated heterocycles. The molecule has 0 unspecified atom stereocenters. The molecule has 5 rings (SSSR count). The van der Waals surface area contributed by atoms with Gasteiger partial charge in [0, 0.05) is 19.7 Å². The lowest BCUT2D eigenvalue weighted by molar-refractivity contribution is -0.0507. The molecular weight excluding hydrogens is 248 g/mol. The van der Waals surface area contributed by atoms with Crippen molar-refractivity contribution in [1.82, 2.24) is 15.1 Å². The molecule has 2 N–H and O–H groups in total. The maximum Gasteiger partial charge on any atom is 0.148 e. The number of nitrogens with zero attached hydrogens (tertiary/aromatic N) is 2. The lowest BCUT2D eigenvalue weighted by atomic mass is 9.53. The molecule has 0 aromatic carbocycles. The van der Waals surface area contributed by atoms with Crippen LogP contribution in [-0.2, 0) is 12.1 Å². The summed E-state index contributed by atoms with van der Waals surface area (Å²) < 4.78 is 2.40. The molecule has 20 heavy (non-hydrogen) atoms. The molecule has 0 spiro atoms. The Morgan fingerprint density at radius 1 is 1.15 bits per heavy atom. The molecule has 0 radical (unpaired) electrons. The van der Waals surface area contributed by atoms with E-state index >= 15 is 0 Å². The summed E-state index contributed by atoms with van der Waals surface area (Å²) in [5.74, 6) is 3.91. The van der Waals surface area contributed by atoms with Crippen LogP contribution in [0.3, 0.4) is 0 Å². The van der Waals surface area contributed by atoms with Gasteiger partial charge in [-0.1, -0.05) is 0 Å². The SMILES string of the molecule is CNCc1cc(NC)nn1C12CC3CC(CC(C3)C1)C2. The first kappa shape index (κ1) is 12.7. The third kappa shape index (κ3) is 1.80. The van der Waals surface area contributed by atoms with Gasteiger partial charge in [0.15, 0.2) is 0 Å². The Labute approximate surface area is 121 Å². The fourth-order valence-corrected chi connectivity index (χ4v) is 5.58. The molecule has 1 aromatic heterocycles. The van der Waals surface area contributed by atoms with Gasteiger partial charge in [-0.15, -0.1) is 0 Å². The molecule has 4 aliphatic rings. The number of hydrogen-bond acceptors (Lipinski definition) is 3. The van der Waals surface area contributed by atoms with Crippen LogP contribution in [0.2, 0.25) is 0 Å². The molecule has 110 valence electrons. The average Bonchev–Trinajstić information content (AvgIpc) is 2.81. The second-order valence-electron chi connectivity index (χ2n) is 7.35. The first-order valence-electron chi connectivity index (χ1n) is 8.14. The lowest BCUT2D eigenvalue weighted by Crippen LogP contribution is -2.52. The van der Waals surface area contributed by atoms with E-state index in [0.29, 0.717) is 5.54 Å². The Hall–Kier alpha value is -1.03. The monoisotopic (exact) mass is 274 g/mol. The zero-order valence-corrected chi connectivity index (χ0v) is 12.7. The van der Waals surface area contributed by atoms with Crippen molar-refractivity contribution in [2.24, 2.45) is 17.8 Å². The van der Waals surface area contributed by atoms with Crippen LogP contribution in [0.1, 0.15) is 44.2 Å². The smallest absolute Gasteiger partial charge is 0.148 e. The molecule has 1 heterocycles. The lowest BCUT2D eigenvalue weighted by Gasteiger charge is -2.57. The summed E-state index contributed by atoms with van der Waals surface area (Å²) in [6.07, 6.45) is 8.55. The zero-order chi connectivity index (χ0) is 13.7. The molecule has 4 saturated carbocycles. The van der Waals surface area contributed by atoms with E-state index < -0.39 is 0 Å². The fraction of sp³-hybridized carbons (Fsp3) is 0.812. The quantitative estimate of drug-likeness (QED) is 0.886. The predicted octanol–water partition coefficient (Wildman–Crippen LogP) is 2.57. The van der Waals surface area contributed by atoms with E-state index in [-0.39, 0.29) is 0 Å². The number of hydrogen-bond donors (Lipinski definition) is 2. The van der Waals surface area contributed by atoms with Crippen molar-refractivity contribution in [3.63, 3.8) is 0 Å². The van der Waals surface area contributed by atoms with Gasteiger partial charge in [-0.05, 0) is 63.3 Å². The van der Waals surface area contributed by atoms with Crippen LogP contribution >= 0.6 is 0 Å². The normalized spacial score (nSPS) is 38.4. The summed E-state index contributed by atoms with van der Waals surface area (Å²) in [7, 11) is 3.99. The van der Waals surface area contributed by atoms with Gasteiger partial charge in [0.25, 0.3) is 0 Å². The topological polar surface area (TPSA) is 41.9 Å². The van der Waals surface area contributed by atoms with E-state index in [4.69, 9.17) is 5.10 Å². The maximum atomic E-state index is 4.90. The third-order valence-electron chi connectivity index (χ3n) is 5.85. The Bertz CT molecular complexity index is 469. The average molecular weight is 274 g/mol. The van der Waals surface area contributed by atoms with E-state index in [1.165, 1.54) is 44.2 Å². The Morgan fingerprint density at radius 2 is 1.75 bits per heavy atom. The van der Waals surface area contributed by atoms with Crippen molar-refractivity contribution in [1.29, 1.82) is 0 Å². The van der Waals surface area contributed by atoms with Crippen LogP contribution in [0.4, 0.5) is 5.82 Å². The van der Waals surface area contributed by atoms with E-state index in [0.717, 1.165) is 30.1 Å². The summed E-state index contributed by atoms with van der Waals surface area (Å²) in [6.45, 7) is 0.913. The summed E-state index contributed by atoms with van der Waals surface area (Å²) in [5, 5.41) is 11.4. The van der Waals surface area contributed by atoms with Gasteiger partial charge >= 0.3 is 0 Å². The van der Waals surface area contributed by atoms with Crippen LogP contribution < -0.4 is 10.6 Å². The van der Waals surface area contributed by atoms with Gasteiger partial charge in [0.1, 0.15) is 5.82 Å². The van der Waals surface area contributed by atoms with Crippen molar-refractivity contribution in [3.05, 3.63) is 11.8 Å². The molecule has 1 aromatic rings. The van der Waals surface area contributed by atoms with Gasteiger partial charge < -0.3 is 10.6 Å². The van der Waals surface area contributed by atoms with E-state index in [1.54, 1.807) is 0 Å². The molecule has 0 aliphatic heterocycles. The van der Waals surface area contributed by atoms with E-state index in [2.05, 4.69) is 21.4 Å². The third-order valence-corrected chi connectivity index (χ3v) is 5.85. The van der Waals surface area contributed by atoms with Crippen LogP contribution in [0.15, 0.2) is 6.07 Å². The summed E-state index contributed by atoms with van der Waals surface area (Å²) in [5.41, 5.74) is 1.68. The number of rotatable bonds is 4. The van der Waals surface area contributed by atoms with E-state index in [9.17, 15) is 0 Å². The van der Waals surface area contributed by atoms with Crippen LogP contribution in [0.25, 0.3) is 0 Å². The van der Waals surface area contributed by atoms with Crippen molar-refractivity contribution >= 4 is 5.82 Å². The molecule has 4 fully saturated rings. The van der Waals surface area contributed by atoms with E-state index in [1.807, 2.05) is 14.1 Å². The number of anilines is 1. The van der Waals surface area contributed by atoms with Crippen molar-refractivity contribution in [2.75, 3.05) is 19.4 Å². The minimum Gasteiger partial charge on any atom is -0.372 e. The number of aromatic nitrogens is 2. The van der Waals surface area contributed by atoms with Gasteiger partial charge in [-0.2, -0.15) is 5.10 Å². The van der Waals surface area contributed by atoms with Gasteiger partial charge in [0.2, 0.25) is 0 Å². The van der Waals surface area contributed by atoms with Crippen molar-refractivity contribution in [3.8, 4) is 0 Å².